The van der Waals surface area contributed by atoms with Crippen LogP contribution in [-0.4, -0.2) is 39.1 Å². The molecule has 0 unspecified atom stereocenters. The summed E-state index contributed by atoms with van der Waals surface area (Å²) in [5, 5.41) is 2.67. The molecule has 10 heteroatoms. The molecule has 30 heavy (non-hydrogen) atoms. The summed E-state index contributed by atoms with van der Waals surface area (Å²) in [6.45, 7) is 3.09. The van der Waals surface area contributed by atoms with Crippen LogP contribution in [0, 0.1) is 5.41 Å². The second-order valence-corrected chi connectivity index (χ2v) is 9.63. The molecule has 158 valence electrons. The molecule has 0 atom stereocenters. The van der Waals surface area contributed by atoms with E-state index in [2.05, 4.69) is 10.1 Å². The lowest BCUT2D eigenvalue weighted by atomic mass is 9.95. The van der Waals surface area contributed by atoms with Gasteiger partial charge in [-0.3, -0.25) is 9.59 Å². The number of hydrogen-bond acceptors (Lipinski definition) is 6. The van der Waals surface area contributed by atoms with Crippen molar-refractivity contribution >= 4 is 50.8 Å². The number of carbonyl (C=O) groups excluding carboxylic acids is 3. The molecule has 0 radical (unpaired) electrons. The number of ether oxygens (including phenoxy) is 1. The minimum atomic E-state index is -3.87. The molecule has 0 bridgehead atoms. The van der Waals surface area contributed by atoms with Crippen molar-refractivity contribution in [3.63, 3.8) is 0 Å². The summed E-state index contributed by atoms with van der Waals surface area (Å²) in [6, 6.07) is 10.1. The summed E-state index contributed by atoms with van der Waals surface area (Å²) < 4.78 is 30.4. The Bertz CT molecular complexity index is 1160. The normalized spacial score (nSPS) is 16.9. The highest BCUT2D eigenvalue weighted by Gasteiger charge is 2.50. The van der Waals surface area contributed by atoms with Crippen LogP contribution in [0.1, 0.15) is 34.6 Å². The van der Waals surface area contributed by atoms with Crippen molar-refractivity contribution in [3.8, 4) is 0 Å². The lowest BCUT2D eigenvalue weighted by Gasteiger charge is -2.18. The van der Waals surface area contributed by atoms with Gasteiger partial charge in [-0.15, -0.1) is 0 Å². The number of esters is 1. The van der Waals surface area contributed by atoms with Gasteiger partial charge in [0.1, 0.15) is 0 Å². The van der Waals surface area contributed by atoms with Crippen LogP contribution >= 0.6 is 11.6 Å². The number of carbonyl (C=O) groups is 3. The Morgan fingerprint density at radius 1 is 1.17 bits per heavy atom. The van der Waals surface area contributed by atoms with Gasteiger partial charge in [-0.1, -0.05) is 17.7 Å². The SMILES string of the molecule is COC(=O)c1cccc(NC(=O)c2cc(N3C(=O)C(C)(C)CS3(=O)=O)ccc2Cl)c1. The molecule has 2 amide bonds. The molecular weight excluding hydrogens is 432 g/mol. The molecule has 0 aromatic heterocycles. The summed E-state index contributed by atoms with van der Waals surface area (Å²) in [4.78, 5) is 37.0. The van der Waals surface area contributed by atoms with E-state index < -0.39 is 33.2 Å². The van der Waals surface area contributed by atoms with Crippen molar-refractivity contribution in [2.75, 3.05) is 22.5 Å². The summed E-state index contributed by atoms with van der Waals surface area (Å²) in [5.41, 5.74) is -0.509. The van der Waals surface area contributed by atoms with Crippen LogP contribution in [0.25, 0.3) is 0 Å². The lowest BCUT2D eigenvalue weighted by molar-refractivity contribution is -0.123. The first-order valence-corrected chi connectivity index (χ1v) is 10.8. The first-order chi connectivity index (χ1) is 14.0. The van der Waals surface area contributed by atoms with Crippen LogP contribution in [0.15, 0.2) is 42.5 Å². The Morgan fingerprint density at radius 3 is 2.47 bits per heavy atom. The van der Waals surface area contributed by atoms with Crippen LogP contribution < -0.4 is 9.62 Å². The molecule has 0 aliphatic carbocycles. The van der Waals surface area contributed by atoms with Gasteiger partial charge in [0.15, 0.2) is 0 Å². The molecule has 1 aliphatic heterocycles. The summed E-state index contributed by atoms with van der Waals surface area (Å²) in [6.07, 6.45) is 0. The largest absolute Gasteiger partial charge is 0.465 e. The average molecular weight is 451 g/mol. The number of nitrogens with zero attached hydrogens (tertiary/aromatic N) is 1. The van der Waals surface area contributed by atoms with E-state index in [-0.39, 0.29) is 27.6 Å². The van der Waals surface area contributed by atoms with E-state index in [1.165, 1.54) is 37.4 Å². The Morgan fingerprint density at radius 2 is 1.87 bits per heavy atom. The maximum atomic E-state index is 12.8. The van der Waals surface area contributed by atoms with Gasteiger partial charge < -0.3 is 10.1 Å². The van der Waals surface area contributed by atoms with Crippen molar-refractivity contribution in [2.45, 2.75) is 13.8 Å². The summed E-state index contributed by atoms with van der Waals surface area (Å²) in [5.74, 6) is -2.11. The van der Waals surface area contributed by atoms with Gasteiger partial charge in [-0.25, -0.2) is 17.5 Å². The second-order valence-electron chi connectivity index (χ2n) is 7.40. The van der Waals surface area contributed by atoms with Crippen LogP contribution in [0.3, 0.4) is 0 Å². The smallest absolute Gasteiger partial charge is 0.337 e. The standard InChI is InChI=1S/C20H19ClN2O6S/c1-20(2)11-30(27,28)23(19(20)26)14-7-8-16(21)15(10-14)17(24)22-13-6-4-5-12(9-13)18(25)29-3/h4-10H,11H2,1-3H3,(H,22,24). The van der Waals surface area contributed by atoms with Crippen molar-refractivity contribution in [3.05, 3.63) is 58.6 Å². The van der Waals surface area contributed by atoms with E-state index in [0.717, 1.165) is 0 Å². The number of hydrogen-bond donors (Lipinski definition) is 1. The summed E-state index contributed by atoms with van der Waals surface area (Å²) >= 11 is 6.14. The third-order valence-electron chi connectivity index (χ3n) is 4.56. The predicted molar refractivity (Wildman–Crippen MR) is 112 cm³/mol. The molecule has 1 aliphatic rings. The van der Waals surface area contributed by atoms with Crippen molar-refractivity contribution in [1.29, 1.82) is 0 Å². The quantitative estimate of drug-likeness (QED) is 0.717. The highest BCUT2D eigenvalue weighted by molar-refractivity contribution is 7.94. The Balaban J connectivity index is 1.94. The van der Waals surface area contributed by atoms with Crippen LogP contribution in [0.4, 0.5) is 11.4 Å². The second kappa shape index (κ2) is 7.73. The molecule has 1 saturated heterocycles. The Hall–Kier alpha value is -2.91. The maximum Gasteiger partial charge on any atom is 0.337 e. The molecular formula is C20H19ClN2O6S. The van der Waals surface area contributed by atoms with Gasteiger partial charge in [0, 0.05) is 5.69 Å². The third kappa shape index (κ3) is 4.03. The molecule has 2 aromatic carbocycles. The Kier molecular flexibility index (Phi) is 5.62. The van der Waals surface area contributed by atoms with E-state index in [0.29, 0.717) is 9.99 Å². The topological polar surface area (TPSA) is 110 Å². The molecule has 1 fully saturated rings. The average Bonchev–Trinajstić information content (AvgIpc) is 2.84. The van der Waals surface area contributed by atoms with Crippen LogP contribution in [0.2, 0.25) is 5.02 Å². The highest BCUT2D eigenvalue weighted by Crippen LogP contribution is 2.37. The number of rotatable bonds is 4. The van der Waals surface area contributed by atoms with E-state index in [9.17, 15) is 22.8 Å². The van der Waals surface area contributed by atoms with E-state index >= 15 is 0 Å². The third-order valence-corrected chi connectivity index (χ3v) is 6.90. The minimum Gasteiger partial charge on any atom is -0.465 e. The molecule has 8 nitrogen and oxygen atoms in total. The van der Waals surface area contributed by atoms with Crippen LogP contribution in [0.5, 0.6) is 0 Å². The van der Waals surface area contributed by atoms with Gasteiger partial charge in [-0.05, 0) is 50.2 Å². The van der Waals surface area contributed by atoms with Gasteiger partial charge in [0.25, 0.3) is 5.91 Å². The molecule has 1 N–H and O–H groups in total. The zero-order valence-electron chi connectivity index (χ0n) is 16.4. The molecule has 2 aromatic rings. The van der Waals surface area contributed by atoms with E-state index in [1.807, 2.05) is 0 Å². The van der Waals surface area contributed by atoms with E-state index in [1.54, 1.807) is 26.0 Å². The van der Waals surface area contributed by atoms with E-state index in [4.69, 9.17) is 11.6 Å². The first kappa shape index (κ1) is 21.8. The zero-order chi connectivity index (χ0) is 22.3. The monoisotopic (exact) mass is 450 g/mol. The maximum absolute atomic E-state index is 12.8. The van der Waals surface area contributed by atoms with Gasteiger partial charge in [-0.2, -0.15) is 0 Å². The van der Waals surface area contributed by atoms with Gasteiger partial charge in [0.05, 0.1) is 40.1 Å². The number of sulfonamides is 1. The highest BCUT2D eigenvalue weighted by atomic mass is 35.5. The fourth-order valence-corrected chi connectivity index (χ4v) is 5.42. The van der Waals surface area contributed by atoms with Gasteiger partial charge >= 0.3 is 5.97 Å². The first-order valence-electron chi connectivity index (χ1n) is 8.83. The Labute approximate surface area is 178 Å². The van der Waals surface area contributed by atoms with Crippen molar-refractivity contribution < 1.29 is 27.5 Å². The number of halogens is 1. The zero-order valence-corrected chi connectivity index (χ0v) is 18.0. The number of anilines is 2. The van der Waals surface area contributed by atoms with Crippen molar-refractivity contribution in [1.82, 2.24) is 0 Å². The molecule has 0 spiro atoms. The predicted octanol–water partition coefficient (Wildman–Crippen LogP) is 3.08. The number of amides is 2. The molecule has 1 heterocycles. The number of benzene rings is 2. The number of nitrogens with one attached hydrogen (secondary N) is 1. The number of methoxy groups -OCH3 is 1. The minimum absolute atomic E-state index is 0.0228. The van der Waals surface area contributed by atoms with Crippen molar-refractivity contribution in [2.24, 2.45) is 5.41 Å². The van der Waals surface area contributed by atoms with Crippen LogP contribution in [-0.2, 0) is 19.6 Å². The fourth-order valence-electron chi connectivity index (χ4n) is 3.12. The molecule has 0 saturated carbocycles. The lowest BCUT2D eigenvalue weighted by Crippen LogP contribution is -2.33. The van der Waals surface area contributed by atoms with Gasteiger partial charge in [0.2, 0.25) is 15.9 Å². The fraction of sp³-hybridized carbons (Fsp3) is 0.250. The summed E-state index contributed by atoms with van der Waals surface area (Å²) in [7, 11) is -2.63. The molecule has 3 rings (SSSR count).